The summed E-state index contributed by atoms with van der Waals surface area (Å²) in [5, 5.41) is 5.96. The number of carbonyl (C=O) groups excluding carboxylic acids is 2. The first-order valence-corrected chi connectivity index (χ1v) is 13.8. The van der Waals surface area contributed by atoms with Crippen molar-refractivity contribution >= 4 is 17.7 Å². The second kappa shape index (κ2) is 17.5. The molecule has 2 rings (SSSR count). The highest BCUT2D eigenvalue weighted by molar-refractivity contribution is 5.89. The van der Waals surface area contributed by atoms with Crippen LogP contribution < -0.4 is 26.0 Å². The fourth-order valence-corrected chi connectivity index (χ4v) is 4.33. The van der Waals surface area contributed by atoms with Crippen LogP contribution >= 0.6 is 0 Å². The molecule has 0 atom stereocenters. The standard InChI is InChI=1S/C30H46N4O3/c1-4-5-13-24-18-19-28(37-30(36)34(3)27-16-12-11-15-26(27)23-32-2)25(22-24)14-9-7-6-8-10-17-29(35)33-21-20-31/h11-12,15-16,18-19,22,32H,4-10,13-14,17,20-21,23,31H2,1-3H3,(H,33,35). The van der Waals surface area contributed by atoms with E-state index in [4.69, 9.17) is 10.5 Å². The van der Waals surface area contributed by atoms with Crippen molar-refractivity contribution in [3.63, 3.8) is 0 Å². The molecule has 2 aromatic carbocycles. The number of benzene rings is 2. The van der Waals surface area contributed by atoms with Gasteiger partial charge in [-0.15, -0.1) is 0 Å². The monoisotopic (exact) mass is 510 g/mol. The van der Waals surface area contributed by atoms with E-state index in [2.05, 4.69) is 29.7 Å². The highest BCUT2D eigenvalue weighted by Gasteiger charge is 2.18. The number of para-hydroxylation sites is 1. The number of anilines is 1. The van der Waals surface area contributed by atoms with Crippen molar-refractivity contribution in [2.24, 2.45) is 5.73 Å². The molecule has 37 heavy (non-hydrogen) atoms. The van der Waals surface area contributed by atoms with E-state index in [-0.39, 0.29) is 12.0 Å². The van der Waals surface area contributed by atoms with Crippen LogP contribution in [0.25, 0.3) is 0 Å². The molecule has 0 spiro atoms. The van der Waals surface area contributed by atoms with Crippen LogP contribution in [0.2, 0.25) is 0 Å². The molecule has 0 aliphatic heterocycles. The molecule has 4 N–H and O–H groups in total. The quantitative estimate of drug-likeness (QED) is 0.250. The van der Waals surface area contributed by atoms with E-state index in [1.807, 2.05) is 37.4 Å². The fraction of sp³-hybridized carbons (Fsp3) is 0.533. The molecule has 0 saturated heterocycles. The van der Waals surface area contributed by atoms with Gasteiger partial charge in [0.25, 0.3) is 0 Å². The summed E-state index contributed by atoms with van der Waals surface area (Å²) < 4.78 is 5.92. The minimum absolute atomic E-state index is 0.0827. The van der Waals surface area contributed by atoms with E-state index in [1.165, 1.54) is 5.56 Å². The predicted octanol–water partition coefficient (Wildman–Crippen LogP) is 5.34. The predicted molar refractivity (Wildman–Crippen MR) is 152 cm³/mol. The zero-order valence-electron chi connectivity index (χ0n) is 23.0. The van der Waals surface area contributed by atoms with E-state index in [9.17, 15) is 9.59 Å². The Bertz CT molecular complexity index is 964. The van der Waals surface area contributed by atoms with Crippen LogP contribution in [-0.4, -0.2) is 39.2 Å². The summed E-state index contributed by atoms with van der Waals surface area (Å²) in [6, 6.07) is 14.1. The van der Waals surface area contributed by atoms with Crippen molar-refractivity contribution in [1.29, 1.82) is 0 Å². The van der Waals surface area contributed by atoms with Crippen molar-refractivity contribution < 1.29 is 14.3 Å². The molecular weight excluding hydrogens is 464 g/mol. The summed E-state index contributed by atoms with van der Waals surface area (Å²) >= 11 is 0. The van der Waals surface area contributed by atoms with Gasteiger partial charge in [-0.1, -0.05) is 62.9 Å². The van der Waals surface area contributed by atoms with Gasteiger partial charge in [0.2, 0.25) is 5.91 Å². The van der Waals surface area contributed by atoms with Gasteiger partial charge in [0.1, 0.15) is 5.75 Å². The first kappa shape index (κ1) is 30.3. The lowest BCUT2D eigenvalue weighted by atomic mass is 10.00. The summed E-state index contributed by atoms with van der Waals surface area (Å²) in [7, 11) is 3.64. The zero-order valence-corrected chi connectivity index (χ0v) is 23.0. The topological polar surface area (TPSA) is 96.7 Å². The molecule has 0 saturated carbocycles. The summed E-state index contributed by atoms with van der Waals surface area (Å²) in [6.07, 6.45) is 9.45. The van der Waals surface area contributed by atoms with Gasteiger partial charge in [0.15, 0.2) is 0 Å². The third kappa shape index (κ3) is 10.9. The lowest BCUT2D eigenvalue weighted by Crippen LogP contribution is -2.31. The normalized spacial score (nSPS) is 10.8. The number of hydrogen-bond donors (Lipinski definition) is 3. The molecule has 0 aliphatic rings. The van der Waals surface area contributed by atoms with Crippen molar-refractivity contribution in [1.82, 2.24) is 10.6 Å². The number of nitrogens with one attached hydrogen (secondary N) is 2. The molecule has 2 aromatic rings. The molecular formula is C30H46N4O3. The summed E-state index contributed by atoms with van der Waals surface area (Å²) in [6.45, 7) is 3.88. The van der Waals surface area contributed by atoms with Gasteiger partial charge in [-0.25, -0.2) is 4.79 Å². The number of nitrogens with two attached hydrogens (primary N) is 1. The minimum Gasteiger partial charge on any atom is -0.410 e. The highest BCUT2D eigenvalue weighted by atomic mass is 16.6. The molecule has 0 aromatic heterocycles. The van der Waals surface area contributed by atoms with Crippen LogP contribution in [0.4, 0.5) is 10.5 Å². The molecule has 7 nitrogen and oxygen atoms in total. The third-order valence-corrected chi connectivity index (χ3v) is 6.45. The minimum atomic E-state index is -0.390. The lowest BCUT2D eigenvalue weighted by molar-refractivity contribution is -0.121. The van der Waals surface area contributed by atoms with Crippen LogP contribution in [0.5, 0.6) is 5.75 Å². The molecule has 0 fully saturated rings. The Balaban J connectivity index is 1.96. The maximum Gasteiger partial charge on any atom is 0.419 e. The van der Waals surface area contributed by atoms with Crippen LogP contribution in [-0.2, 0) is 24.2 Å². The number of unbranched alkanes of at least 4 members (excludes halogenated alkanes) is 5. The Labute approximate surface area is 223 Å². The van der Waals surface area contributed by atoms with E-state index in [0.29, 0.717) is 31.8 Å². The first-order chi connectivity index (χ1) is 18.0. The largest absolute Gasteiger partial charge is 0.419 e. The Morgan fingerprint density at radius 2 is 1.70 bits per heavy atom. The number of hydrogen-bond acceptors (Lipinski definition) is 5. The Kier molecular flexibility index (Phi) is 14.4. The van der Waals surface area contributed by atoms with E-state index in [0.717, 1.165) is 74.6 Å². The maximum absolute atomic E-state index is 13.1. The molecule has 0 heterocycles. The number of nitrogens with zero attached hydrogens (tertiary/aromatic N) is 1. The summed E-state index contributed by atoms with van der Waals surface area (Å²) in [4.78, 5) is 26.3. The molecule has 2 amide bonds. The summed E-state index contributed by atoms with van der Waals surface area (Å²) in [5.41, 5.74) is 9.66. The number of aryl methyl sites for hydroxylation is 2. The fourth-order valence-electron chi connectivity index (χ4n) is 4.33. The van der Waals surface area contributed by atoms with Crippen LogP contribution in [0.15, 0.2) is 42.5 Å². The number of amides is 2. The molecule has 0 aliphatic carbocycles. The zero-order chi connectivity index (χ0) is 26.9. The van der Waals surface area contributed by atoms with Gasteiger partial charge in [-0.2, -0.15) is 0 Å². The summed E-state index contributed by atoms with van der Waals surface area (Å²) in [5.74, 6) is 0.721. The Morgan fingerprint density at radius 1 is 0.946 bits per heavy atom. The van der Waals surface area contributed by atoms with Crippen molar-refractivity contribution in [3.05, 3.63) is 59.2 Å². The van der Waals surface area contributed by atoms with Crippen LogP contribution in [0.1, 0.15) is 75.0 Å². The second-order valence-electron chi connectivity index (χ2n) is 9.54. The van der Waals surface area contributed by atoms with Gasteiger partial charge in [-0.05, 0) is 68.0 Å². The molecule has 204 valence electrons. The van der Waals surface area contributed by atoms with Crippen molar-refractivity contribution in [3.8, 4) is 5.75 Å². The van der Waals surface area contributed by atoms with E-state index < -0.39 is 0 Å². The van der Waals surface area contributed by atoms with E-state index in [1.54, 1.807) is 11.9 Å². The van der Waals surface area contributed by atoms with Crippen molar-refractivity contribution in [2.45, 2.75) is 77.7 Å². The van der Waals surface area contributed by atoms with Gasteiger partial charge in [0.05, 0.1) is 5.69 Å². The van der Waals surface area contributed by atoms with Gasteiger partial charge in [-0.3, -0.25) is 9.69 Å². The number of carbonyl (C=O) groups is 2. The van der Waals surface area contributed by atoms with Gasteiger partial charge in [0, 0.05) is 33.1 Å². The second-order valence-corrected chi connectivity index (χ2v) is 9.54. The molecule has 0 bridgehead atoms. The van der Waals surface area contributed by atoms with Gasteiger partial charge < -0.3 is 21.1 Å². The Hall–Kier alpha value is -2.90. The van der Waals surface area contributed by atoms with E-state index >= 15 is 0 Å². The molecule has 0 radical (unpaired) electrons. The first-order valence-electron chi connectivity index (χ1n) is 13.8. The molecule has 0 unspecified atom stereocenters. The smallest absolute Gasteiger partial charge is 0.410 e. The highest BCUT2D eigenvalue weighted by Crippen LogP contribution is 2.26. The average Bonchev–Trinajstić information content (AvgIpc) is 2.91. The molecule has 7 heteroatoms. The number of ether oxygens (including phenoxy) is 1. The van der Waals surface area contributed by atoms with Crippen LogP contribution in [0, 0.1) is 0 Å². The number of rotatable bonds is 17. The SMILES string of the molecule is CCCCc1ccc(OC(=O)N(C)c2ccccc2CNC)c(CCCCCCCC(=O)NCCN)c1. The lowest BCUT2D eigenvalue weighted by Gasteiger charge is -2.21. The Morgan fingerprint density at radius 3 is 2.46 bits per heavy atom. The maximum atomic E-state index is 13.1. The third-order valence-electron chi connectivity index (χ3n) is 6.45. The van der Waals surface area contributed by atoms with Gasteiger partial charge >= 0.3 is 6.09 Å². The average molecular weight is 511 g/mol. The van der Waals surface area contributed by atoms with Crippen LogP contribution in [0.3, 0.4) is 0 Å². The van der Waals surface area contributed by atoms with Crippen molar-refractivity contribution in [2.75, 3.05) is 32.1 Å².